The lowest BCUT2D eigenvalue weighted by molar-refractivity contribution is 0.0322. The van der Waals surface area contributed by atoms with Crippen molar-refractivity contribution in [1.82, 2.24) is 4.90 Å². The predicted molar refractivity (Wildman–Crippen MR) is 129 cm³/mol. The van der Waals surface area contributed by atoms with Gasteiger partial charge in [-0.25, -0.2) is 0 Å². The third-order valence-corrected chi connectivity index (χ3v) is 6.12. The van der Waals surface area contributed by atoms with Crippen molar-refractivity contribution < 1.29 is 14.6 Å². The molecule has 4 nitrogen and oxygen atoms in total. The van der Waals surface area contributed by atoms with Crippen molar-refractivity contribution in [1.29, 1.82) is 0 Å². The number of ether oxygens (including phenoxy) is 2. The third-order valence-electron chi connectivity index (χ3n) is 6.12. The summed E-state index contributed by atoms with van der Waals surface area (Å²) in [5.41, 5.74) is 3.70. The quantitative estimate of drug-likeness (QED) is 0.601. The lowest BCUT2D eigenvalue weighted by Crippen LogP contribution is -2.38. The molecule has 32 heavy (non-hydrogen) atoms. The highest BCUT2D eigenvalue weighted by atomic mass is 35.5. The van der Waals surface area contributed by atoms with Crippen molar-refractivity contribution in [3.63, 3.8) is 0 Å². The number of fused-ring (bicyclic) bond motifs is 1. The van der Waals surface area contributed by atoms with Gasteiger partial charge in [0.25, 0.3) is 0 Å². The average molecular weight is 450 g/mol. The van der Waals surface area contributed by atoms with Gasteiger partial charge in [0, 0.05) is 25.2 Å². The van der Waals surface area contributed by atoms with Crippen LogP contribution in [0.3, 0.4) is 0 Å². The van der Waals surface area contributed by atoms with E-state index in [0.29, 0.717) is 6.61 Å². The zero-order valence-corrected chi connectivity index (χ0v) is 18.8. The van der Waals surface area contributed by atoms with E-state index >= 15 is 0 Å². The van der Waals surface area contributed by atoms with Crippen molar-refractivity contribution in [3.05, 3.63) is 107 Å². The number of morpholine rings is 1. The zero-order chi connectivity index (χ0) is 21.1. The van der Waals surface area contributed by atoms with Gasteiger partial charge in [0.05, 0.1) is 13.2 Å². The van der Waals surface area contributed by atoms with Crippen LogP contribution >= 0.6 is 12.4 Å². The van der Waals surface area contributed by atoms with E-state index in [0.717, 1.165) is 66.4 Å². The molecule has 3 aromatic carbocycles. The summed E-state index contributed by atoms with van der Waals surface area (Å²) in [7, 11) is 0. The largest absolute Gasteiger partial charge is 0.492 e. The molecule has 1 heterocycles. The first-order valence-electron chi connectivity index (χ1n) is 10.9. The Morgan fingerprint density at radius 1 is 0.906 bits per heavy atom. The minimum absolute atomic E-state index is 0. The van der Waals surface area contributed by atoms with Crippen molar-refractivity contribution in [2.45, 2.75) is 5.60 Å². The number of halogens is 1. The van der Waals surface area contributed by atoms with Gasteiger partial charge in [0.2, 0.25) is 0 Å². The minimum Gasteiger partial charge on any atom is -0.492 e. The fourth-order valence-corrected chi connectivity index (χ4v) is 4.43. The second kappa shape index (κ2) is 9.88. The first kappa shape index (κ1) is 22.6. The van der Waals surface area contributed by atoms with Crippen LogP contribution in [-0.4, -0.2) is 49.5 Å². The summed E-state index contributed by atoms with van der Waals surface area (Å²) in [5, 5.41) is 11.8. The molecule has 0 saturated carbocycles. The summed E-state index contributed by atoms with van der Waals surface area (Å²) in [6.45, 7) is 4.96. The Hall–Kier alpha value is -2.63. The second-order valence-electron chi connectivity index (χ2n) is 8.07. The number of hydrogen-bond acceptors (Lipinski definition) is 4. The molecule has 2 aliphatic rings. The Bertz CT molecular complexity index is 1060. The van der Waals surface area contributed by atoms with Crippen molar-refractivity contribution in [2.24, 2.45) is 0 Å². The lowest BCUT2D eigenvalue weighted by atomic mass is 9.88. The molecule has 5 heteroatoms. The van der Waals surface area contributed by atoms with Gasteiger partial charge in [-0.3, -0.25) is 4.90 Å². The molecule has 3 aromatic rings. The molecule has 0 spiro atoms. The van der Waals surface area contributed by atoms with E-state index in [2.05, 4.69) is 23.1 Å². The lowest BCUT2D eigenvalue weighted by Gasteiger charge is -2.26. The molecule has 1 fully saturated rings. The maximum atomic E-state index is 11.8. The summed E-state index contributed by atoms with van der Waals surface area (Å²) >= 11 is 0. The Kier molecular flexibility index (Phi) is 6.97. The van der Waals surface area contributed by atoms with Gasteiger partial charge < -0.3 is 14.6 Å². The van der Waals surface area contributed by atoms with E-state index in [4.69, 9.17) is 9.47 Å². The number of aliphatic hydroxyl groups is 1. The van der Waals surface area contributed by atoms with Crippen LogP contribution in [0.4, 0.5) is 0 Å². The van der Waals surface area contributed by atoms with Gasteiger partial charge in [-0.1, -0.05) is 66.7 Å². The van der Waals surface area contributed by atoms with Crippen LogP contribution in [0, 0.1) is 0 Å². The van der Waals surface area contributed by atoms with Crippen molar-refractivity contribution in [3.8, 4) is 5.75 Å². The van der Waals surface area contributed by atoms with Crippen molar-refractivity contribution in [2.75, 3.05) is 39.5 Å². The first-order chi connectivity index (χ1) is 15.2. The van der Waals surface area contributed by atoms with E-state index in [-0.39, 0.29) is 12.4 Å². The Labute approximate surface area is 195 Å². The highest BCUT2D eigenvalue weighted by molar-refractivity contribution is 5.88. The fourth-order valence-electron chi connectivity index (χ4n) is 4.43. The topological polar surface area (TPSA) is 41.9 Å². The normalized spacial score (nSPS) is 20.2. The molecular formula is C27H28ClNO3. The van der Waals surface area contributed by atoms with E-state index in [1.807, 2.05) is 66.7 Å². The Morgan fingerprint density at radius 2 is 1.59 bits per heavy atom. The standard InChI is InChI=1S/C27H27NO3.ClH/c29-27(22-9-5-2-6-10-22)20-25(21-7-3-1-4-8-21)24-12-11-23(19-26(24)27)31-18-15-28-13-16-30-17-14-28;/h1-12,19-20,29H,13-18H2;1H. The van der Waals surface area contributed by atoms with Crippen LogP contribution in [0.25, 0.3) is 5.57 Å². The molecule has 0 bridgehead atoms. The molecule has 0 amide bonds. The van der Waals surface area contributed by atoms with Gasteiger partial charge in [-0.05, 0) is 40.5 Å². The second-order valence-corrected chi connectivity index (χ2v) is 8.07. The average Bonchev–Trinajstić information content (AvgIpc) is 3.14. The molecule has 1 atom stereocenters. The predicted octanol–water partition coefficient (Wildman–Crippen LogP) is 4.50. The molecule has 1 N–H and O–H groups in total. The fraction of sp³-hybridized carbons (Fsp3) is 0.259. The van der Waals surface area contributed by atoms with E-state index < -0.39 is 5.60 Å². The Morgan fingerprint density at radius 3 is 2.31 bits per heavy atom. The minimum atomic E-state index is -1.19. The molecular weight excluding hydrogens is 422 g/mol. The maximum Gasteiger partial charge on any atom is 0.135 e. The van der Waals surface area contributed by atoms with Gasteiger partial charge in [0.15, 0.2) is 0 Å². The number of rotatable bonds is 6. The SMILES string of the molecule is Cl.OC1(c2ccccc2)C=C(c2ccccc2)c2ccc(OCCN3CCOCC3)cc21. The summed E-state index contributed by atoms with van der Waals surface area (Å²) in [6.07, 6.45) is 1.97. The number of benzene rings is 3. The highest BCUT2D eigenvalue weighted by Gasteiger charge is 2.38. The first-order valence-corrected chi connectivity index (χ1v) is 10.9. The van der Waals surface area contributed by atoms with Crippen LogP contribution in [0.5, 0.6) is 5.75 Å². The summed E-state index contributed by atoms with van der Waals surface area (Å²) in [4.78, 5) is 2.35. The van der Waals surface area contributed by atoms with Gasteiger partial charge >= 0.3 is 0 Å². The van der Waals surface area contributed by atoms with Crippen molar-refractivity contribution >= 4 is 18.0 Å². The molecule has 5 rings (SSSR count). The molecule has 0 aromatic heterocycles. The summed E-state index contributed by atoms with van der Waals surface area (Å²) in [5.74, 6) is 0.782. The Balaban J connectivity index is 0.00000245. The van der Waals surface area contributed by atoms with Gasteiger partial charge in [-0.15, -0.1) is 12.4 Å². The van der Waals surface area contributed by atoms with Crippen LogP contribution < -0.4 is 4.74 Å². The summed E-state index contributed by atoms with van der Waals surface area (Å²) < 4.78 is 11.5. The van der Waals surface area contributed by atoms with Crippen LogP contribution in [0.15, 0.2) is 84.9 Å². The molecule has 166 valence electrons. The third kappa shape index (κ3) is 4.45. The van der Waals surface area contributed by atoms with E-state index in [1.165, 1.54) is 0 Å². The number of hydrogen-bond donors (Lipinski definition) is 1. The molecule has 1 aliphatic heterocycles. The molecule has 1 unspecified atom stereocenters. The van der Waals surface area contributed by atoms with Crippen LogP contribution in [0.2, 0.25) is 0 Å². The monoisotopic (exact) mass is 449 g/mol. The zero-order valence-electron chi connectivity index (χ0n) is 17.9. The number of nitrogens with zero attached hydrogens (tertiary/aromatic N) is 1. The van der Waals surface area contributed by atoms with Gasteiger partial charge in [-0.2, -0.15) is 0 Å². The van der Waals surface area contributed by atoms with Crippen LogP contribution in [-0.2, 0) is 10.3 Å². The summed E-state index contributed by atoms with van der Waals surface area (Å²) in [6, 6.07) is 26.1. The smallest absolute Gasteiger partial charge is 0.135 e. The van der Waals surface area contributed by atoms with E-state index in [1.54, 1.807) is 0 Å². The molecule has 1 saturated heterocycles. The molecule has 0 radical (unpaired) electrons. The van der Waals surface area contributed by atoms with Gasteiger partial charge in [0.1, 0.15) is 18.0 Å². The molecule has 1 aliphatic carbocycles. The maximum absolute atomic E-state index is 11.8. The van der Waals surface area contributed by atoms with Crippen LogP contribution in [0.1, 0.15) is 22.3 Å². The highest BCUT2D eigenvalue weighted by Crippen LogP contribution is 2.46. The van der Waals surface area contributed by atoms with E-state index in [9.17, 15) is 5.11 Å².